The molecule has 192 valence electrons. The summed E-state index contributed by atoms with van der Waals surface area (Å²) in [5.41, 5.74) is 6.30. The first kappa shape index (κ1) is 27.5. The normalized spacial score (nSPS) is 12.4. The van der Waals surface area contributed by atoms with Gasteiger partial charge in [0.15, 0.2) is 0 Å². The number of benzene rings is 1. The molecule has 8 heteroatoms. The van der Waals surface area contributed by atoms with E-state index >= 15 is 0 Å². The van der Waals surface area contributed by atoms with Crippen LogP contribution in [0.15, 0.2) is 35.5 Å². The molecule has 0 bridgehead atoms. The predicted molar refractivity (Wildman–Crippen MR) is 153 cm³/mol. The molecule has 7 nitrogen and oxygen atoms in total. The number of aromatic nitrogens is 3. The van der Waals surface area contributed by atoms with Gasteiger partial charge in [-0.25, -0.2) is 9.97 Å². The molecule has 1 aromatic carbocycles. The van der Waals surface area contributed by atoms with Crippen LogP contribution >= 0.6 is 11.3 Å². The predicted octanol–water partition coefficient (Wildman–Crippen LogP) is 6.27. The molecular weight excluding hydrogens is 468 g/mol. The molecule has 0 radical (unpaired) electrons. The van der Waals surface area contributed by atoms with Crippen molar-refractivity contribution in [3.05, 3.63) is 57.9 Å². The highest BCUT2D eigenvalue weighted by Gasteiger charge is 2.20. The molecule has 0 saturated heterocycles. The van der Waals surface area contributed by atoms with E-state index in [1.165, 1.54) is 11.1 Å². The lowest BCUT2D eigenvalue weighted by atomic mass is 10.0. The molecule has 0 saturated carbocycles. The number of nitrogens with zero attached hydrogens (tertiary/aromatic N) is 4. The van der Waals surface area contributed by atoms with Crippen LogP contribution in [0.1, 0.15) is 61.0 Å². The van der Waals surface area contributed by atoms with Crippen LogP contribution < -0.4 is 10.6 Å². The molecular formula is C28H38N6OS. The van der Waals surface area contributed by atoms with E-state index in [0.29, 0.717) is 19.0 Å². The van der Waals surface area contributed by atoms with Gasteiger partial charge in [-0.3, -0.25) is 4.99 Å². The topological polar surface area (TPSA) is 95.3 Å². The van der Waals surface area contributed by atoms with Gasteiger partial charge in [0.1, 0.15) is 10.8 Å². The van der Waals surface area contributed by atoms with E-state index in [-0.39, 0.29) is 12.5 Å². The van der Waals surface area contributed by atoms with Gasteiger partial charge in [0.05, 0.1) is 21.8 Å². The minimum atomic E-state index is 0.190. The van der Waals surface area contributed by atoms with Crippen molar-refractivity contribution < 1.29 is 5.11 Å². The van der Waals surface area contributed by atoms with E-state index < -0.39 is 0 Å². The fourth-order valence-corrected chi connectivity index (χ4v) is 5.30. The first-order valence-electron chi connectivity index (χ1n) is 12.6. The number of hydrogen-bond acceptors (Lipinski definition) is 8. The fraction of sp³-hybridized carbons (Fsp3) is 0.429. The molecule has 3 N–H and O–H groups in total. The minimum absolute atomic E-state index is 0.190. The average Bonchev–Trinajstić information content (AvgIpc) is 3.26. The summed E-state index contributed by atoms with van der Waals surface area (Å²) in [6.07, 6.45) is 4.54. The number of aliphatic imine (C=N–C) groups is 1. The van der Waals surface area contributed by atoms with Gasteiger partial charge in [-0.05, 0) is 62.9 Å². The highest BCUT2D eigenvalue weighted by molar-refractivity contribution is 7.16. The summed E-state index contributed by atoms with van der Waals surface area (Å²) in [5.74, 6) is 1.60. The first-order valence-corrected chi connectivity index (χ1v) is 13.4. The molecule has 3 aromatic rings. The SMILES string of the molecule is C=N/C=C(/C)c1sc(-c2c(C)nc(NCc3ccccc3CC)nc2NCCC(CC)CO)nc1C. The lowest BCUT2D eigenvalue weighted by Crippen LogP contribution is -2.15. The Morgan fingerprint density at radius 1 is 1.11 bits per heavy atom. The lowest BCUT2D eigenvalue weighted by Gasteiger charge is -2.17. The minimum Gasteiger partial charge on any atom is -0.396 e. The second-order valence-electron chi connectivity index (χ2n) is 8.93. The van der Waals surface area contributed by atoms with Crippen molar-refractivity contribution in [2.45, 2.75) is 60.4 Å². The number of rotatable bonds is 13. The molecule has 2 heterocycles. The van der Waals surface area contributed by atoms with Crippen molar-refractivity contribution in [2.75, 3.05) is 23.8 Å². The maximum absolute atomic E-state index is 9.60. The van der Waals surface area contributed by atoms with Gasteiger partial charge < -0.3 is 15.7 Å². The fourth-order valence-electron chi connectivity index (χ4n) is 4.17. The van der Waals surface area contributed by atoms with Gasteiger partial charge >= 0.3 is 0 Å². The molecule has 0 fully saturated rings. The number of aryl methyl sites for hydroxylation is 3. The Labute approximate surface area is 218 Å². The standard InChI is InChI=1S/C28H38N6OS/c1-7-21(17-35)13-14-30-26-24(27-32-20(5)25(36-27)18(3)15-29-6)19(4)33-28(34-26)31-16-23-12-10-9-11-22(23)8-2/h9-12,15,21,35H,6-8,13-14,16-17H2,1-5H3,(H2,30,31,33,34)/b18-15-. The van der Waals surface area contributed by atoms with Crippen LogP contribution in [0, 0.1) is 19.8 Å². The van der Waals surface area contributed by atoms with Crippen LogP contribution in [0.2, 0.25) is 0 Å². The van der Waals surface area contributed by atoms with E-state index in [1.807, 2.05) is 20.8 Å². The lowest BCUT2D eigenvalue weighted by molar-refractivity contribution is 0.217. The third-order valence-corrected chi connectivity index (χ3v) is 7.67. The van der Waals surface area contributed by atoms with Crippen molar-refractivity contribution in [2.24, 2.45) is 10.9 Å². The van der Waals surface area contributed by atoms with Crippen LogP contribution in [0.25, 0.3) is 16.1 Å². The molecule has 1 unspecified atom stereocenters. The summed E-state index contributed by atoms with van der Waals surface area (Å²) in [6.45, 7) is 15.4. The van der Waals surface area contributed by atoms with Gasteiger partial charge in [-0.1, -0.05) is 44.5 Å². The maximum atomic E-state index is 9.60. The zero-order valence-electron chi connectivity index (χ0n) is 22.1. The quantitative estimate of drug-likeness (QED) is 0.236. The molecule has 0 aliphatic carbocycles. The molecule has 0 amide bonds. The van der Waals surface area contributed by atoms with Crippen molar-refractivity contribution >= 4 is 35.4 Å². The molecule has 36 heavy (non-hydrogen) atoms. The second-order valence-corrected chi connectivity index (χ2v) is 9.93. The zero-order valence-corrected chi connectivity index (χ0v) is 22.9. The summed E-state index contributed by atoms with van der Waals surface area (Å²) in [6, 6.07) is 8.43. The first-order chi connectivity index (χ1) is 17.4. The molecule has 0 aliphatic heterocycles. The number of thiazole rings is 1. The molecule has 3 rings (SSSR count). The Hall–Kier alpha value is -3.10. The third-order valence-electron chi connectivity index (χ3n) is 6.36. The van der Waals surface area contributed by atoms with Crippen LogP contribution in [0.4, 0.5) is 11.8 Å². The van der Waals surface area contributed by atoms with Gasteiger partial charge in [0.25, 0.3) is 0 Å². The summed E-state index contributed by atoms with van der Waals surface area (Å²) in [4.78, 5) is 19.5. The summed E-state index contributed by atoms with van der Waals surface area (Å²) >= 11 is 1.61. The number of nitrogens with one attached hydrogen (secondary N) is 2. The molecule has 0 spiro atoms. The molecule has 0 aliphatic rings. The van der Waals surface area contributed by atoms with Gasteiger partial charge in [0, 0.05) is 25.9 Å². The summed E-state index contributed by atoms with van der Waals surface area (Å²) < 4.78 is 0. The summed E-state index contributed by atoms with van der Waals surface area (Å²) in [7, 11) is 0. The zero-order chi connectivity index (χ0) is 26.1. The Morgan fingerprint density at radius 3 is 2.53 bits per heavy atom. The highest BCUT2D eigenvalue weighted by Crippen LogP contribution is 2.37. The van der Waals surface area contributed by atoms with Crippen LogP contribution in [0.3, 0.4) is 0 Å². The van der Waals surface area contributed by atoms with Crippen molar-refractivity contribution in [1.82, 2.24) is 15.0 Å². The van der Waals surface area contributed by atoms with Crippen LogP contribution in [-0.4, -0.2) is 39.9 Å². The number of aliphatic hydroxyl groups excluding tert-OH is 1. The van der Waals surface area contributed by atoms with E-state index in [1.54, 1.807) is 17.5 Å². The molecule has 1 atom stereocenters. The van der Waals surface area contributed by atoms with Crippen molar-refractivity contribution in [3.63, 3.8) is 0 Å². The Balaban J connectivity index is 1.95. The van der Waals surface area contributed by atoms with E-state index in [0.717, 1.165) is 57.5 Å². The van der Waals surface area contributed by atoms with Crippen LogP contribution in [0.5, 0.6) is 0 Å². The van der Waals surface area contributed by atoms with E-state index in [9.17, 15) is 5.11 Å². The number of hydrogen-bond donors (Lipinski definition) is 3. The molecule has 2 aromatic heterocycles. The Kier molecular flexibility index (Phi) is 10.1. The smallest absolute Gasteiger partial charge is 0.225 e. The Bertz CT molecular complexity index is 1200. The van der Waals surface area contributed by atoms with Crippen LogP contribution in [-0.2, 0) is 13.0 Å². The van der Waals surface area contributed by atoms with E-state index in [2.05, 4.69) is 60.5 Å². The average molecular weight is 507 g/mol. The van der Waals surface area contributed by atoms with Gasteiger partial charge in [-0.15, -0.1) is 11.3 Å². The van der Waals surface area contributed by atoms with Gasteiger partial charge in [0.2, 0.25) is 5.95 Å². The van der Waals surface area contributed by atoms with Crippen molar-refractivity contribution in [3.8, 4) is 10.6 Å². The maximum Gasteiger partial charge on any atom is 0.225 e. The summed E-state index contributed by atoms with van der Waals surface area (Å²) in [5, 5.41) is 17.4. The highest BCUT2D eigenvalue weighted by atomic mass is 32.1. The van der Waals surface area contributed by atoms with Gasteiger partial charge in [-0.2, -0.15) is 4.98 Å². The number of anilines is 2. The van der Waals surface area contributed by atoms with E-state index in [4.69, 9.17) is 15.0 Å². The van der Waals surface area contributed by atoms with Crippen molar-refractivity contribution in [1.29, 1.82) is 0 Å². The Morgan fingerprint density at radius 2 is 1.86 bits per heavy atom. The number of allylic oxidation sites excluding steroid dienone is 1. The number of aliphatic hydroxyl groups is 1. The third kappa shape index (κ3) is 6.77. The second kappa shape index (κ2) is 13.3. The largest absolute Gasteiger partial charge is 0.396 e. The monoisotopic (exact) mass is 506 g/mol.